The first-order valence-electron chi connectivity index (χ1n) is 7.24. The van der Waals surface area contributed by atoms with Gasteiger partial charge in [-0.25, -0.2) is 0 Å². The third-order valence-corrected chi connectivity index (χ3v) is 4.53. The number of hydrogen-bond donors (Lipinski definition) is 1. The van der Waals surface area contributed by atoms with Crippen molar-refractivity contribution in [1.82, 2.24) is 0 Å². The maximum absolute atomic E-state index is 10.5. The fourth-order valence-electron chi connectivity index (χ4n) is 2.90. The molecule has 2 rings (SSSR count). The lowest BCUT2D eigenvalue weighted by Gasteiger charge is -2.24. The Balaban J connectivity index is 2.35. The lowest BCUT2D eigenvalue weighted by Crippen LogP contribution is -2.13. The molecule has 18 heavy (non-hydrogen) atoms. The second kappa shape index (κ2) is 5.05. The van der Waals surface area contributed by atoms with Gasteiger partial charge in [-0.05, 0) is 53.7 Å². The first kappa shape index (κ1) is 13.6. The number of benzene rings is 1. The zero-order valence-corrected chi connectivity index (χ0v) is 12.2. The van der Waals surface area contributed by atoms with Crippen LogP contribution in [-0.4, -0.2) is 5.11 Å². The summed E-state index contributed by atoms with van der Waals surface area (Å²) in [7, 11) is 0. The van der Waals surface area contributed by atoms with Gasteiger partial charge in [0.15, 0.2) is 0 Å². The summed E-state index contributed by atoms with van der Waals surface area (Å²) in [5.74, 6) is 0.582. The van der Waals surface area contributed by atoms with Gasteiger partial charge in [-0.1, -0.05) is 45.9 Å². The fourth-order valence-corrected chi connectivity index (χ4v) is 2.90. The Kier molecular flexibility index (Phi) is 3.82. The van der Waals surface area contributed by atoms with Crippen molar-refractivity contribution in [3.8, 4) is 0 Å². The molecule has 1 aromatic carbocycles. The first-order chi connectivity index (χ1) is 8.43. The van der Waals surface area contributed by atoms with Crippen molar-refractivity contribution in [3.63, 3.8) is 0 Å². The number of hydrogen-bond acceptors (Lipinski definition) is 1. The highest BCUT2D eigenvalue weighted by molar-refractivity contribution is 5.36. The molecule has 1 aliphatic rings. The van der Waals surface area contributed by atoms with Crippen LogP contribution in [0.3, 0.4) is 0 Å². The van der Waals surface area contributed by atoms with Gasteiger partial charge in [0.1, 0.15) is 0 Å². The molecule has 1 aliphatic carbocycles. The summed E-state index contributed by atoms with van der Waals surface area (Å²) in [6.07, 6.45) is 4.01. The fraction of sp³-hybridized carbons (Fsp3) is 0.647. The van der Waals surface area contributed by atoms with E-state index in [1.54, 1.807) is 0 Å². The monoisotopic (exact) mass is 246 g/mol. The third-order valence-electron chi connectivity index (χ3n) is 4.53. The van der Waals surface area contributed by atoms with E-state index in [0.717, 1.165) is 19.3 Å². The van der Waals surface area contributed by atoms with Crippen molar-refractivity contribution in [2.24, 2.45) is 5.41 Å². The van der Waals surface area contributed by atoms with Gasteiger partial charge >= 0.3 is 0 Å². The highest BCUT2D eigenvalue weighted by Gasteiger charge is 2.28. The summed E-state index contributed by atoms with van der Waals surface area (Å²) < 4.78 is 0. The Morgan fingerprint density at radius 2 is 2.11 bits per heavy atom. The van der Waals surface area contributed by atoms with Gasteiger partial charge in [-0.2, -0.15) is 0 Å². The van der Waals surface area contributed by atoms with Gasteiger partial charge in [0.05, 0.1) is 6.10 Å². The Hall–Kier alpha value is -0.820. The van der Waals surface area contributed by atoms with E-state index in [-0.39, 0.29) is 11.5 Å². The highest BCUT2D eigenvalue weighted by atomic mass is 16.3. The second-order valence-corrected chi connectivity index (χ2v) is 6.65. The molecule has 1 aromatic rings. The molecule has 0 heterocycles. The first-order valence-corrected chi connectivity index (χ1v) is 7.24. The average molecular weight is 246 g/mol. The number of aryl methyl sites for hydroxylation is 1. The molecule has 1 nitrogen and oxygen atoms in total. The van der Waals surface area contributed by atoms with Crippen molar-refractivity contribution < 1.29 is 5.11 Å². The summed E-state index contributed by atoms with van der Waals surface area (Å²) in [4.78, 5) is 0. The van der Waals surface area contributed by atoms with Crippen molar-refractivity contribution in [2.45, 2.75) is 65.4 Å². The van der Waals surface area contributed by atoms with Crippen molar-refractivity contribution in [3.05, 3.63) is 34.9 Å². The predicted octanol–water partition coefficient (Wildman–Crippen LogP) is 4.60. The number of rotatable bonds is 2. The molecule has 0 bridgehead atoms. The van der Waals surface area contributed by atoms with Gasteiger partial charge in [-0.3, -0.25) is 0 Å². The molecule has 2 unspecified atom stereocenters. The van der Waals surface area contributed by atoms with Gasteiger partial charge in [0, 0.05) is 0 Å². The Morgan fingerprint density at radius 3 is 2.78 bits per heavy atom. The summed E-state index contributed by atoms with van der Waals surface area (Å²) in [5.41, 5.74) is 4.14. The third kappa shape index (κ3) is 2.77. The van der Waals surface area contributed by atoms with Crippen LogP contribution in [0.5, 0.6) is 0 Å². The molecular formula is C17H26O. The van der Waals surface area contributed by atoms with Gasteiger partial charge < -0.3 is 5.11 Å². The largest absolute Gasteiger partial charge is 0.388 e. The highest BCUT2D eigenvalue weighted by Crippen LogP contribution is 2.40. The number of fused-ring (bicyclic) bond motifs is 1. The van der Waals surface area contributed by atoms with Crippen LogP contribution in [0, 0.1) is 5.41 Å². The van der Waals surface area contributed by atoms with E-state index in [2.05, 4.69) is 45.9 Å². The normalized spacial score (nSPS) is 24.2. The molecule has 100 valence electrons. The van der Waals surface area contributed by atoms with Gasteiger partial charge in [0.2, 0.25) is 0 Å². The average Bonchev–Trinajstić information content (AvgIpc) is 2.45. The van der Waals surface area contributed by atoms with Crippen LogP contribution >= 0.6 is 0 Å². The maximum Gasteiger partial charge on any atom is 0.0797 e. The molecule has 0 saturated heterocycles. The second-order valence-electron chi connectivity index (χ2n) is 6.65. The molecule has 0 fully saturated rings. The van der Waals surface area contributed by atoms with E-state index < -0.39 is 0 Å². The van der Waals surface area contributed by atoms with E-state index in [1.807, 2.05) is 0 Å². The van der Waals surface area contributed by atoms with E-state index in [1.165, 1.54) is 23.1 Å². The standard InChI is InChI=1S/C17H26O/c1-5-12(2)14-7-6-13-8-9-17(3,4)11-16(18)15(13)10-14/h6-7,10,12,16,18H,5,8-9,11H2,1-4H3. The molecule has 0 radical (unpaired) electrons. The summed E-state index contributed by atoms with van der Waals surface area (Å²) in [5, 5.41) is 10.5. The molecule has 1 N–H and O–H groups in total. The van der Waals surface area contributed by atoms with Crippen LogP contribution in [-0.2, 0) is 6.42 Å². The Morgan fingerprint density at radius 1 is 1.39 bits per heavy atom. The molecule has 0 saturated carbocycles. The van der Waals surface area contributed by atoms with Crippen molar-refractivity contribution >= 4 is 0 Å². The molecule has 0 amide bonds. The van der Waals surface area contributed by atoms with Gasteiger partial charge in [0.25, 0.3) is 0 Å². The summed E-state index contributed by atoms with van der Waals surface area (Å²) in [6.45, 7) is 9.00. The molecule has 2 atom stereocenters. The van der Waals surface area contributed by atoms with E-state index >= 15 is 0 Å². The van der Waals surface area contributed by atoms with Crippen LogP contribution in [0.2, 0.25) is 0 Å². The molecule has 0 aliphatic heterocycles. The zero-order chi connectivity index (χ0) is 13.3. The van der Waals surface area contributed by atoms with Crippen LogP contribution in [0.4, 0.5) is 0 Å². The zero-order valence-electron chi connectivity index (χ0n) is 12.2. The number of aliphatic hydroxyl groups excluding tert-OH is 1. The smallest absolute Gasteiger partial charge is 0.0797 e. The van der Waals surface area contributed by atoms with E-state index in [4.69, 9.17) is 0 Å². The SMILES string of the molecule is CCC(C)c1ccc2c(c1)C(O)CC(C)(C)CC2. The lowest BCUT2D eigenvalue weighted by molar-refractivity contribution is 0.116. The van der Waals surface area contributed by atoms with E-state index in [0.29, 0.717) is 5.92 Å². The van der Waals surface area contributed by atoms with Gasteiger partial charge in [-0.15, -0.1) is 0 Å². The summed E-state index contributed by atoms with van der Waals surface area (Å²) >= 11 is 0. The minimum Gasteiger partial charge on any atom is -0.388 e. The summed E-state index contributed by atoms with van der Waals surface area (Å²) in [6, 6.07) is 6.73. The molecular weight excluding hydrogens is 220 g/mol. The minimum absolute atomic E-state index is 0.245. The van der Waals surface area contributed by atoms with E-state index in [9.17, 15) is 5.11 Å². The number of aliphatic hydroxyl groups is 1. The molecule has 1 heteroatoms. The topological polar surface area (TPSA) is 20.2 Å². The van der Waals surface area contributed by atoms with Crippen molar-refractivity contribution in [1.29, 1.82) is 0 Å². The molecule has 0 spiro atoms. The van der Waals surface area contributed by atoms with Crippen LogP contribution < -0.4 is 0 Å². The molecule has 0 aromatic heterocycles. The predicted molar refractivity (Wildman–Crippen MR) is 76.8 cm³/mol. The van der Waals surface area contributed by atoms with Crippen molar-refractivity contribution in [2.75, 3.05) is 0 Å². The Labute approximate surface area is 111 Å². The quantitative estimate of drug-likeness (QED) is 0.756. The van der Waals surface area contributed by atoms with Crippen LogP contribution in [0.25, 0.3) is 0 Å². The Bertz CT molecular complexity index is 420. The van der Waals surface area contributed by atoms with Crippen LogP contribution in [0.1, 0.15) is 75.7 Å². The lowest BCUT2D eigenvalue weighted by atomic mass is 9.83. The minimum atomic E-state index is -0.290. The van der Waals surface area contributed by atoms with Crippen LogP contribution in [0.15, 0.2) is 18.2 Å². The maximum atomic E-state index is 10.5.